The zero-order valence-electron chi connectivity index (χ0n) is 11.9. The Balaban J connectivity index is 1.76. The van der Waals surface area contributed by atoms with Crippen LogP contribution in [0.1, 0.15) is 11.4 Å². The van der Waals surface area contributed by atoms with Crippen LogP contribution in [0.25, 0.3) is 11.8 Å². The van der Waals surface area contributed by atoms with E-state index in [1.54, 1.807) is 4.68 Å². The van der Waals surface area contributed by atoms with Crippen molar-refractivity contribution in [2.45, 2.75) is 6.92 Å². The van der Waals surface area contributed by atoms with Crippen molar-refractivity contribution >= 4 is 27.7 Å². The molecule has 2 aromatic carbocycles. The van der Waals surface area contributed by atoms with E-state index in [1.165, 1.54) is 5.56 Å². The van der Waals surface area contributed by atoms with E-state index < -0.39 is 0 Å². The fraction of sp³-hybridized carbons (Fsp3) is 0.0625. The Kier molecular flexibility index (Phi) is 4.29. The van der Waals surface area contributed by atoms with Crippen LogP contribution in [0, 0.1) is 6.92 Å². The van der Waals surface area contributed by atoms with E-state index in [-0.39, 0.29) is 0 Å². The molecule has 0 radical (unpaired) electrons. The van der Waals surface area contributed by atoms with Gasteiger partial charge in [-0.3, -0.25) is 0 Å². The van der Waals surface area contributed by atoms with E-state index in [2.05, 4.69) is 36.8 Å². The van der Waals surface area contributed by atoms with Gasteiger partial charge in [-0.1, -0.05) is 33.6 Å². The summed E-state index contributed by atoms with van der Waals surface area (Å²) in [6.07, 6.45) is 3.65. The third-order valence-corrected chi connectivity index (χ3v) is 3.63. The van der Waals surface area contributed by atoms with Gasteiger partial charge in [-0.25, -0.2) is 0 Å². The Morgan fingerprint density at radius 3 is 2.50 bits per heavy atom. The molecule has 22 heavy (non-hydrogen) atoms. The molecule has 5 nitrogen and oxygen atoms in total. The summed E-state index contributed by atoms with van der Waals surface area (Å²) in [5, 5.41) is 15.0. The first kappa shape index (κ1) is 14.5. The maximum absolute atomic E-state index is 4.03. The highest BCUT2D eigenvalue weighted by Gasteiger charge is 2.04. The Hall–Kier alpha value is -2.47. The monoisotopic (exact) mass is 355 g/mol. The summed E-state index contributed by atoms with van der Waals surface area (Å²) in [5.41, 5.74) is 3.12. The summed E-state index contributed by atoms with van der Waals surface area (Å²) in [6.45, 7) is 2.05. The highest BCUT2D eigenvalue weighted by molar-refractivity contribution is 9.10. The molecule has 0 aliphatic heterocycles. The highest BCUT2D eigenvalue weighted by atomic mass is 79.9. The van der Waals surface area contributed by atoms with E-state index in [4.69, 9.17) is 0 Å². The molecule has 1 N–H and O–H groups in total. The average Bonchev–Trinajstić information content (AvgIpc) is 2.98. The molecular formula is C16H14BrN5. The van der Waals surface area contributed by atoms with Crippen molar-refractivity contribution < 1.29 is 0 Å². The Labute approximate surface area is 136 Å². The number of benzene rings is 2. The third-order valence-electron chi connectivity index (χ3n) is 3.10. The Morgan fingerprint density at radius 2 is 1.77 bits per heavy atom. The topological polar surface area (TPSA) is 55.6 Å². The second-order valence-electron chi connectivity index (χ2n) is 4.77. The van der Waals surface area contributed by atoms with Gasteiger partial charge in [0, 0.05) is 22.4 Å². The maximum atomic E-state index is 4.03. The van der Waals surface area contributed by atoms with Gasteiger partial charge in [0.1, 0.15) is 0 Å². The van der Waals surface area contributed by atoms with Crippen LogP contribution in [0.3, 0.4) is 0 Å². The molecule has 0 aliphatic rings. The second-order valence-corrected chi connectivity index (χ2v) is 5.68. The molecule has 1 heterocycles. The SMILES string of the molecule is Cc1ccc(-n2nnnc2C=CNc2ccc(Br)cc2)cc1. The Bertz CT molecular complexity index is 775. The molecule has 0 spiro atoms. The van der Waals surface area contributed by atoms with Gasteiger partial charge in [-0.2, -0.15) is 4.68 Å². The molecule has 0 atom stereocenters. The minimum atomic E-state index is 0.661. The van der Waals surface area contributed by atoms with Crippen molar-refractivity contribution in [3.63, 3.8) is 0 Å². The van der Waals surface area contributed by atoms with Crippen LogP contribution in [-0.2, 0) is 0 Å². The molecule has 1 aromatic heterocycles. The number of aryl methyl sites for hydroxylation is 1. The van der Waals surface area contributed by atoms with E-state index >= 15 is 0 Å². The van der Waals surface area contributed by atoms with E-state index in [1.807, 2.05) is 67.7 Å². The highest BCUT2D eigenvalue weighted by Crippen LogP contribution is 2.14. The van der Waals surface area contributed by atoms with Crippen molar-refractivity contribution in [2.75, 3.05) is 5.32 Å². The molecule has 0 aliphatic carbocycles. The molecule has 3 rings (SSSR count). The molecule has 0 amide bonds. The molecule has 0 saturated heterocycles. The Morgan fingerprint density at radius 1 is 1.05 bits per heavy atom. The molecule has 3 aromatic rings. The van der Waals surface area contributed by atoms with Crippen LogP contribution in [0.2, 0.25) is 0 Å². The summed E-state index contributed by atoms with van der Waals surface area (Å²) in [4.78, 5) is 0. The van der Waals surface area contributed by atoms with Crippen molar-refractivity contribution in [3.05, 3.63) is 70.6 Å². The molecular weight excluding hydrogens is 342 g/mol. The number of anilines is 1. The first-order valence-corrected chi connectivity index (χ1v) is 7.56. The van der Waals surface area contributed by atoms with Crippen molar-refractivity contribution in [2.24, 2.45) is 0 Å². The van der Waals surface area contributed by atoms with E-state index in [0.29, 0.717) is 5.82 Å². The van der Waals surface area contributed by atoms with Gasteiger partial charge in [0.2, 0.25) is 0 Å². The van der Waals surface area contributed by atoms with Gasteiger partial charge in [0.05, 0.1) is 5.69 Å². The van der Waals surface area contributed by atoms with Gasteiger partial charge in [0.15, 0.2) is 5.82 Å². The number of hydrogen-bond acceptors (Lipinski definition) is 4. The zero-order chi connectivity index (χ0) is 15.4. The van der Waals surface area contributed by atoms with Gasteiger partial charge in [0.25, 0.3) is 0 Å². The minimum Gasteiger partial charge on any atom is -0.362 e. The summed E-state index contributed by atoms with van der Waals surface area (Å²) < 4.78 is 2.74. The average molecular weight is 356 g/mol. The number of aromatic nitrogens is 4. The number of rotatable bonds is 4. The summed E-state index contributed by atoms with van der Waals surface area (Å²) in [6, 6.07) is 16.0. The number of nitrogens with one attached hydrogen (secondary N) is 1. The van der Waals surface area contributed by atoms with Crippen LogP contribution in [-0.4, -0.2) is 20.2 Å². The van der Waals surface area contributed by atoms with Crippen molar-refractivity contribution in [3.8, 4) is 5.69 Å². The fourth-order valence-electron chi connectivity index (χ4n) is 1.93. The fourth-order valence-corrected chi connectivity index (χ4v) is 2.19. The summed E-state index contributed by atoms with van der Waals surface area (Å²) in [7, 11) is 0. The number of hydrogen-bond donors (Lipinski definition) is 1. The normalized spacial score (nSPS) is 11.0. The summed E-state index contributed by atoms with van der Waals surface area (Å²) >= 11 is 3.41. The summed E-state index contributed by atoms with van der Waals surface area (Å²) in [5.74, 6) is 0.661. The molecule has 0 unspecified atom stereocenters. The smallest absolute Gasteiger partial charge is 0.181 e. The lowest BCUT2D eigenvalue weighted by Gasteiger charge is -2.03. The first-order chi connectivity index (χ1) is 10.7. The lowest BCUT2D eigenvalue weighted by Crippen LogP contribution is -1.99. The molecule has 0 saturated carbocycles. The molecule has 0 bridgehead atoms. The quantitative estimate of drug-likeness (QED) is 0.772. The molecule has 110 valence electrons. The van der Waals surface area contributed by atoms with Crippen molar-refractivity contribution in [1.82, 2.24) is 20.2 Å². The zero-order valence-corrected chi connectivity index (χ0v) is 13.5. The van der Waals surface area contributed by atoms with Crippen LogP contribution in [0.5, 0.6) is 0 Å². The minimum absolute atomic E-state index is 0.661. The van der Waals surface area contributed by atoms with Crippen LogP contribution in [0.4, 0.5) is 5.69 Å². The van der Waals surface area contributed by atoms with Gasteiger partial charge < -0.3 is 5.32 Å². The van der Waals surface area contributed by atoms with E-state index in [0.717, 1.165) is 15.8 Å². The van der Waals surface area contributed by atoms with Crippen molar-refractivity contribution in [1.29, 1.82) is 0 Å². The largest absolute Gasteiger partial charge is 0.362 e. The number of halogens is 1. The second kappa shape index (κ2) is 6.53. The molecule has 6 heteroatoms. The third kappa shape index (κ3) is 3.40. The van der Waals surface area contributed by atoms with E-state index in [9.17, 15) is 0 Å². The van der Waals surface area contributed by atoms with Crippen LogP contribution >= 0.6 is 15.9 Å². The predicted octanol–water partition coefficient (Wildman–Crippen LogP) is 3.82. The lowest BCUT2D eigenvalue weighted by atomic mass is 10.2. The molecule has 0 fully saturated rings. The van der Waals surface area contributed by atoms with Gasteiger partial charge in [-0.05, 0) is 53.7 Å². The number of tetrazole rings is 1. The van der Waals surface area contributed by atoms with Gasteiger partial charge in [-0.15, -0.1) is 5.10 Å². The standard InChI is InChI=1S/C16H14BrN5/c1-12-2-8-15(9-3-12)22-16(19-20-21-22)10-11-18-14-6-4-13(17)5-7-14/h2-11,18H,1H3. The maximum Gasteiger partial charge on any atom is 0.181 e. The lowest BCUT2D eigenvalue weighted by molar-refractivity contribution is 0.786. The first-order valence-electron chi connectivity index (χ1n) is 6.76. The number of nitrogens with zero attached hydrogens (tertiary/aromatic N) is 4. The predicted molar refractivity (Wildman–Crippen MR) is 90.7 cm³/mol. The van der Waals surface area contributed by atoms with Gasteiger partial charge >= 0.3 is 0 Å². The van der Waals surface area contributed by atoms with Crippen LogP contribution < -0.4 is 5.32 Å². The van der Waals surface area contributed by atoms with Crippen LogP contribution in [0.15, 0.2) is 59.2 Å².